The number of rotatable bonds is 2. The molecule has 0 aromatic rings. The summed E-state index contributed by atoms with van der Waals surface area (Å²) in [5, 5.41) is 19.3. The van der Waals surface area contributed by atoms with Gasteiger partial charge in [-0.1, -0.05) is 11.8 Å². The van der Waals surface area contributed by atoms with Gasteiger partial charge in [0.05, 0.1) is 30.1 Å². The van der Waals surface area contributed by atoms with Crippen LogP contribution in [0.15, 0.2) is 10.6 Å². The van der Waals surface area contributed by atoms with Crippen LogP contribution < -0.4 is 34.7 Å². The van der Waals surface area contributed by atoms with E-state index in [2.05, 4.69) is 0 Å². The molecule has 0 unspecified atom stereocenters. The number of aliphatic hydroxyl groups excluding tert-OH is 1. The molecule has 70 valence electrons. The van der Waals surface area contributed by atoms with Crippen molar-refractivity contribution in [3.05, 3.63) is 10.6 Å². The van der Waals surface area contributed by atoms with E-state index in [1.807, 2.05) is 0 Å². The summed E-state index contributed by atoms with van der Waals surface area (Å²) in [5.74, 6) is -1.62. The molecule has 2 aliphatic rings. The first-order valence-corrected chi connectivity index (χ1v) is 4.57. The normalized spacial score (nSPS) is 24.2. The number of nitrogens with zero attached hydrogens (tertiary/aromatic N) is 1. The topological polar surface area (TPSA) is 80.7 Å². The zero-order chi connectivity index (χ0) is 9.59. The summed E-state index contributed by atoms with van der Waals surface area (Å²) < 4.78 is 0. The Kier molecular flexibility index (Phi) is 3.65. The van der Waals surface area contributed by atoms with Gasteiger partial charge in [0.25, 0.3) is 0 Å². The number of hydrogen-bond acceptors (Lipinski definition) is 5. The molecule has 0 radical (unpaired) electrons. The van der Waals surface area contributed by atoms with Crippen molar-refractivity contribution in [3.8, 4) is 0 Å². The number of aliphatic carboxylic acids is 1. The van der Waals surface area contributed by atoms with E-state index in [0.29, 0.717) is 11.3 Å². The first-order valence-electron chi connectivity index (χ1n) is 3.69. The minimum absolute atomic E-state index is 0. The fraction of sp³-hybridized carbons (Fsp3) is 0.429. The summed E-state index contributed by atoms with van der Waals surface area (Å²) in [4.78, 5) is 23.1. The van der Waals surface area contributed by atoms with Crippen LogP contribution in [0, 0.1) is 0 Å². The Morgan fingerprint density at radius 1 is 1.71 bits per heavy atom. The van der Waals surface area contributed by atoms with E-state index in [1.54, 1.807) is 0 Å². The zero-order valence-corrected chi connectivity index (χ0v) is 10.3. The van der Waals surface area contributed by atoms with Crippen LogP contribution in [0.1, 0.15) is 6.42 Å². The van der Waals surface area contributed by atoms with Crippen LogP contribution in [0.25, 0.3) is 0 Å². The van der Waals surface area contributed by atoms with E-state index in [-0.39, 0.29) is 53.1 Å². The standard InChI is InChI=1S/C7H7NO4S.Na/c9-2-3-6(7(11)12)8-4(10)1-5(8)13-3;/h5,9H,1-2H2,(H,11,12);/q;+1/p-1/t5-;/m1./s1. The number of carbonyl (C=O) groups excluding carboxylic acids is 2. The molecule has 1 amide bonds. The predicted molar refractivity (Wildman–Crippen MR) is 42.0 cm³/mol. The molecule has 14 heavy (non-hydrogen) atoms. The summed E-state index contributed by atoms with van der Waals surface area (Å²) in [7, 11) is 0. The number of carboxylic acid groups (broad SMARTS) is 1. The minimum atomic E-state index is -1.40. The minimum Gasteiger partial charge on any atom is -0.543 e. The molecule has 2 aliphatic heterocycles. The molecule has 0 aromatic carbocycles. The van der Waals surface area contributed by atoms with Crippen molar-refractivity contribution in [1.82, 2.24) is 4.90 Å². The van der Waals surface area contributed by atoms with E-state index >= 15 is 0 Å². The summed E-state index contributed by atoms with van der Waals surface area (Å²) in [6.45, 7) is -0.353. The first-order chi connectivity index (χ1) is 6.15. The molecule has 1 N–H and O–H groups in total. The Morgan fingerprint density at radius 3 is 2.79 bits per heavy atom. The maximum absolute atomic E-state index is 11.0. The van der Waals surface area contributed by atoms with Crippen LogP contribution in [-0.4, -0.2) is 33.9 Å². The molecule has 1 saturated heterocycles. The van der Waals surface area contributed by atoms with Crippen LogP contribution in [0.2, 0.25) is 0 Å². The van der Waals surface area contributed by atoms with Gasteiger partial charge in [0, 0.05) is 4.91 Å². The van der Waals surface area contributed by atoms with Gasteiger partial charge in [-0.3, -0.25) is 9.69 Å². The van der Waals surface area contributed by atoms with Crippen molar-refractivity contribution in [2.45, 2.75) is 11.8 Å². The third-order valence-electron chi connectivity index (χ3n) is 2.03. The number of thioether (sulfide) groups is 1. The van der Waals surface area contributed by atoms with Crippen LogP contribution in [-0.2, 0) is 9.59 Å². The fourth-order valence-corrected chi connectivity index (χ4v) is 2.68. The smallest absolute Gasteiger partial charge is 0.543 e. The average Bonchev–Trinajstić information content (AvgIpc) is 2.37. The third kappa shape index (κ3) is 1.61. The molecule has 2 rings (SSSR count). The molecule has 0 spiro atoms. The first kappa shape index (κ1) is 12.1. The summed E-state index contributed by atoms with van der Waals surface area (Å²) in [6.07, 6.45) is 0.338. The molecule has 7 heteroatoms. The van der Waals surface area contributed by atoms with Crippen LogP contribution >= 0.6 is 11.8 Å². The van der Waals surface area contributed by atoms with Gasteiger partial charge in [0.15, 0.2) is 0 Å². The largest absolute Gasteiger partial charge is 1.00 e. The number of amides is 1. The molecule has 0 bridgehead atoms. The Balaban J connectivity index is 0.000000980. The number of fused-ring (bicyclic) bond motifs is 1. The van der Waals surface area contributed by atoms with Crippen molar-refractivity contribution in [2.24, 2.45) is 0 Å². The van der Waals surface area contributed by atoms with Gasteiger partial charge >= 0.3 is 29.6 Å². The van der Waals surface area contributed by atoms with Crippen molar-refractivity contribution in [3.63, 3.8) is 0 Å². The molecule has 2 heterocycles. The number of carboxylic acids is 1. The molecule has 5 nitrogen and oxygen atoms in total. The van der Waals surface area contributed by atoms with Gasteiger partial charge in [0.2, 0.25) is 5.91 Å². The Hall–Kier alpha value is -0.0100. The van der Waals surface area contributed by atoms with E-state index in [9.17, 15) is 14.7 Å². The second-order valence-electron chi connectivity index (χ2n) is 2.76. The van der Waals surface area contributed by atoms with E-state index < -0.39 is 5.97 Å². The zero-order valence-electron chi connectivity index (χ0n) is 7.52. The van der Waals surface area contributed by atoms with Crippen molar-refractivity contribution < 1.29 is 49.4 Å². The van der Waals surface area contributed by atoms with Gasteiger partial charge in [-0.05, 0) is 0 Å². The average molecular weight is 223 g/mol. The third-order valence-corrected chi connectivity index (χ3v) is 3.28. The maximum atomic E-state index is 11.0. The monoisotopic (exact) mass is 223 g/mol. The molecule has 1 fully saturated rings. The van der Waals surface area contributed by atoms with E-state index in [4.69, 9.17) is 5.11 Å². The number of aliphatic hydroxyl groups is 1. The quantitative estimate of drug-likeness (QED) is 0.375. The van der Waals surface area contributed by atoms with Gasteiger partial charge < -0.3 is 15.0 Å². The van der Waals surface area contributed by atoms with E-state index in [0.717, 1.165) is 0 Å². The van der Waals surface area contributed by atoms with Crippen molar-refractivity contribution in [1.29, 1.82) is 0 Å². The van der Waals surface area contributed by atoms with Crippen molar-refractivity contribution >= 4 is 23.6 Å². The van der Waals surface area contributed by atoms with Crippen LogP contribution in [0.5, 0.6) is 0 Å². The predicted octanol–water partition coefficient (Wildman–Crippen LogP) is -4.75. The van der Waals surface area contributed by atoms with Crippen LogP contribution in [0.4, 0.5) is 0 Å². The summed E-state index contributed by atoms with van der Waals surface area (Å²) >= 11 is 1.21. The van der Waals surface area contributed by atoms with Crippen molar-refractivity contribution in [2.75, 3.05) is 6.61 Å². The number of hydrogen-bond donors (Lipinski definition) is 1. The summed E-state index contributed by atoms with van der Waals surface area (Å²) in [5.41, 5.74) is -0.159. The maximum Gasteiger partial charge on any atom is 1.00 e. The molecule has 1 atom stereocenters. The van der Waals surface area contributed by atoms with Crippen LogP contribution in [0.3, 0.4) is 0 Å². The molecule has 0 aliphatic carbocycles. The van der Waals surface area contributed by atoms with Gasteiger partial charge in [-0.15, -0.1) is 0 Å². The molecule has 0 saturated carbocycles. The number of β-lactam (4-membered cyclic amide) rings is 1. The van der Waals surface area contributed by atoms with Gasteiger partial charge in [-0.25, -0.2) is 0 Å². The molecule has 0 aromatic heterocycles. The Labute approximate surface area is 106 Å². The Morgan fingerprint density at radius 2 is 2.36 bits per heavy atom. The SMILES string of the molecule is O=C([O-])C1=C(CO)S[C@@H]2CC(=O)N12.[Na+]. The van der Waals surface area contributed by atoms with Gasteiger partial charge in [-0.2, -0.15) is 0 Å². The second kappa shape index (κ2) is 4.24. The second-order valence-corrected chi connectivity index (χ2v) is 4.03. The Bertz CT molecular complexity index is 330. The summed E-state index contributed by atoms with van der Waals surface area (Å²) in [6, 6.07) is 0. The fourth-order valence-electron chi connectivity index (χ4n) is 1.43. The van der Waals surface area contributed by atoms with E-state index in [1.165, 1.54) is 16.7 Å². The molecular formula is C7H6NNaO4S. The number of carbonyl (C=O) groups is 2. The molecular weight excluding hydrogens is 217 g/mol. The van der Waals surface area contributed by atoms with Gasteiger partial charge in [0.1, 0.15) is 0 Å².